The molecule has 0 aliphatic rings. The van der Waals surface area contributed by atoms with E-state index < -0.39 is 0 Å². The summed E-state index contributed by atoms with van der Waals surface area (Å²) in [5.41, 5.74) is 1.75. The van der Waals surface area contributed by atoms with Crippen molar-refractivity contribution in [3.8, 4) is 17.2 Å². The third-order valence-electron chi connectivity index (χ3n) is 3.93. The molecule has 0 saturated heterocycles. The van der Waals surface area contributed by atoms with Crippen molar-refractivity contribution in [3.63, 3.8) is 0 Å². The Hall–Kier alpha value is -3.48. The Labute approximate surface area is 164 Å². The Morgan fingerprint density at radius 1 is 0.786 bits per heavy atom. The second kappa shape index (κ2) is 8.94. The Balaban J connectivity index is 1.77. The minimum atomic E-state index is 0.642. The quantitative estimate of drug-likeness (QED) is 0.587. The molecular formula is C21H24N4O3. The second-order valence-electron chi connectivity index (χ2n) is 5.96. The van der Waals surface area contributed by atoms with Crippen LogP contribution in [0.4, 0.5) is 23.0 Å². The van der Waals surface area contributed by atoms with E-state index in [1.807, 2.05) is 62.4 Å². The largest absolute Gasteiger partial charge is 0.494 e. The maximum absolute atomic E-state index is 5.47. The molecule has 0 amide bonds. The number of hydrogen-bond donors (Lipinski definition) is 2. The van der Waals surface area contributed by atoms with Crippen molar-refractivity contribution in [2.45, 2.75) is 13.8 Å². The monoisotopic (exact) mass is 380 g/mol. The highest BCUT2D eigenvalue weighted by Gasteiger charge is 2.07. The number of benzene rings is 2. The van der Waals surface area contributed by atoms with Gasteiger partial charge in [0, 0.05) is 23.5 Å². The first-order valence-electron chi connectivity index (χ1n) is 8.96. The summed E-state index contributed by atoms with van der Waals surface area (Å²) in [6.45, 7) is 4.45. The van der Waals surface area contributed by atoms with Gasteiger partial charge in [-0.2, -0.15) is 0 Å². The number of rotatable bonds is 8. The summed E-state index contributed by atoms with van der Waals surface area (Å²) in [5.74, 6) is 4.17. The molecule has 0 aliphatic carbocycles. The summed E-state index contributed by atoms with van der Waals surface area (Å²) in [6, 6.07) is 15.2. The zero-order valence-corrected chi connectivity index (χ0v) is 16.4. The molecule has 0 aliphatic heterocycles. The van der Waals surface area contributed by atoms with Gasteiger partial charge in [0.1, 0.15) is 23.2 Å². The maximum atomic E-state index is 5.47. The number of aryl methyl sites for hydroxylation is 1. The minimum absolute atomic E-state index is 0.642. The number of ether oxygens (including phenoxy) is 3. The lowest BCUT2D eigenvalue weighted by molar-refractivity contribution is 0.340. The van der Waals surface area contributed by atoms with E-state index in [2.05, 4.69) is 20.6 Å². The van der Waals surface area contributed by atoms with Gasteiger partial charge >= 0.3 is 0 Å². The van der Waals surface area contributed by atoms with Crippen molar-refractivity contribution < 1.29 is 14.2 Å². The fraction of sp³-hybridized carbons (Fsp3) is 0.238. The van der Waals surface area contributed by atoms with Crippen molar-refractivity contribution in [3.05, 3.63) is 54.4 Å². The SMILES string of the molecule is CCOc1ccc(Nc2cc(Nc3ccc(OC)c(OC)c3)nc(C)n2)cc1. The molecule has 0 unspecified atom stereocenters. The normalized spacial score (nSPS) is 10.3. The molecule has 3 aromatic rings. The van der Waals surface area contributed by atoms with Crippen LogP contribution in [0.2, 0.25) is 0 Å². The van der Waals surface area contributed by atoms with Crippen LogP contribution < -0.4 is 24.8 Å². The lowest BCUT2D eigenvalue weighted by Crippen LogP contribution is -2.02. The van der Waals surface area contributed by atoms with Gasteiger partial charge in [-0.05, 0) is 50.2 Å². The zero-order valence-electron chi connectivity index (χ0n) is 16.4. The topological polar surface area (TPSA) is 77.5 Å². The number of aromatic nitrogens is 2. The lowest BCUT2D eigenvalue weighted by Gasteiger charge is -2.13. The molecule has 0 bridgehead atoms. The highest BCUT2D eigenvalue weighted by molar-refractivity contribution is 5.65. The molecule has 146 valence electrons. The van der Waals surface area contributed by atoms with E-state index in [0.29, 0.717) is 35.6 Å². The number of methoxy groups -OCH3 is 2. The summed E-state index contributed by atoms with van der Waals surface area (Å²) in [7, 11) is 3.22. The van der Waals surface area contributed by atoms with E-state index in [0.717, 1.165) is 17.1 Å². The van der Waals surface area contributed by atoms with E-state index in [1.54, 1.807) is 14.2 Å². The molecule has 0 spiro atoms. The Bertz CT molecular complexity index is 929. The average molecular weight is 380 g/mol. The minimum Gasteiger partial charge on any atom is -0.494 e. The van der Waals surface area contributed by atoms with E-state index in [1.165, 1.54) is 0 Å². The number of anilines is 4. The molecule has 3 rings (SSSR count). The van der Waals surface area contributed by atoms with Gasteiger partial charge in [0.25, 0.3) is 0 Å². The molecule has 1 heterocycles. The first kappa shape index (κ1) is 19.3. The van der Waals surface area contributed by atoms with Crippen molar-refractivity contribution in [1.82, 2.24) is 9.97 Å². The number of nitrogens with zero attached hydrogens (tertiary/aromatic N) is 2. The van der Waals surface area contributed by atoms with E-state index in [9.17, 15) is 0 Å². The molecule has 1 aromatic heterocycles. The zero-order chi connectivity index (χ0) is 19.9. The average Bonchev–Trinajstić information content (AvgIpc) is 2.69. The van der Waals surface area contributed by atoms with Crippen molar-refractivity contribution in [1.29, 1.82) is 0 Å². The molecule has 0 atom stereocenters. The summed E-state index contributed by atoms with van der Waals surface area (Å²) < 4.78 is 16.1. The van der Waals surface area contributed by atoms with Gasteiger partial charge in [0.05, 0.1) is 20.8 Å². The van der Waals surface area contributed by atoms with E-state index in [-0.39, 0.29) is 0 Å². The van der Waals surface area contributed by atoms with Crippen molar-refractivity contribution in [2.24, 2.45) is 0 Å². The van der Waals surface area contributed by atoms with Gasteiger partial charge in [0.15, 0.2) is 11.5 Å². The summed E-state index contributed by atoms with van der Waals surface area (Å²) in [6.07, 6.45) is 0. The van der Waals surface area contributed by atoms with Crippen molar-refractivity contribution in [2.75, 3.05) is 31.5 Å². The van der Waals surface area contributed by atoms with Crippen LogP contribution in [-0.2, 0) is 0 Å². The van der Waals surface area contributed by atoms with Gasteiger partial charge in [-0.15, -0.1) is 0 Å². The maximum Gasteiger partial charge on any atom is 0.162 e. The van der Waals surface area contributed by atoms with Gasteiger partial charge in [-0.3, -0.25) is 0 Å². The fourth-order valence-corrected chi connectivity index (χ4v) is 2.71. The van der Waals surface area contributed by atoms with Crippen LogP contribution in [0.5, 0.6) is 17.2 Å². The third-order valence-corrected chi connectivity index (χ3v) is 3.93. The third kappa shape index (κ3) is 4.82. The highest BCUT2D eigenvalue weighted by Crippen LogP contribution is 2.31. The number of nitrogens with one attached hydrogen (secondary N) is 2. The Morgan fingerprint density at radius 2 is 1.39 bits per heavy atom. The Morgan fingerprint density at radius 3 is 2.00 bits per heavy atom. The molecule has 2 aromatic carbocycles. The predicted molar refractivity (Wildman–Crippen MR) is 110 cm³/mol. The summed E-state index contributed by atoms with van der Waals surface area (Å²) in [5, 5.41) is 6.57. The summed E-state index contributed by atoms with van der Waals surface area (Å²) in [4.78, 5) is 8.91. The molecule has 2 N–H and O–H groups in total. The van der Waals surface area contributed by atoms with E-state index in [4.69, 9.17) is 14.2 Å². The lowest BCUT2D eigenvalue weighted by atomic mass is 10.2. The first-order chi connectivity index (χ1) is 13.6. The van der Waals surface area contributed by atoms with Gasteiger partial charge in [-0.1, -0.05) is 0 Å². The fourth-order valence-electron chi connectivity index (χ4n) is 2.71. The van der Waals surface area contributed by atoms with Crippen LogP contribution in [-0.4, -0.2) is 30.8 Å². The standard InChI is InChI=1S/C21H24N4O3/c1-5-28-17-9-6-15(7-10-17)24-20-13-21(23-14(2)22-20)25-16-8-11-18(26-3)19(12-16)27-4/h6-13H,5H2,1-4H3,(H2,22,23,24,25). The van der Waals surface area contributed by atoms with Gasteiger partial charge in [-0.25, -0.2) is 9.97 Å². The molecule has 0 radical (unpaired) electrons. The molecule has 0 fully saturated rings. The van der Waals surface area contributed by atoms with E-state index >= 15 is 0 Å². The molecule has 7 nitrogen and oxygen atoms in total. The predicted octanol–water partition coefficient (Wildman–Crippen LogP) is 4.69. The molecule has 0 saturated carbocycles. The number of hydrogen-bond acceptors (Lipinski definition) is 7. The van der Waals surface area contributed by atoms with Gasteiger partial charge < -0.3 is 24.8 Å². The van der Waals surface area contributed by atoms with Crippen LogP contribution in [0.25, 0.3) is 0 Å². The second-order valence-corrected chi connectivity index (χ2v) is 5.96. The molecular weight excluding hydrogens is 356 g/mol. The van der Waals surface area contributed by atoms with Crippen LogP contribution in [0.15, 0.2) is 48.5 Å². The van der Waals surface area contributed by atoms with Crippen molar-refractivity contribution >= 4 is 23.0 Å². The molecule has 7 heteroatoms. The van der Waals surface area contributed by atoms with Crippen LogP contribution in [0.3, 0.4) is 0 Å². The highest BCUT2D eigenvalue weighted by atomic mass is 16.5. The van der Waals surface area contributed by atoms with Crippen LogP contribution >= 0.6 is 0 Å². The smallest absolute Gasteiger partial charge is 0.162 e. The first-order valence-corrected chi connectivity index (χ1v) is 8.96. The Kier molecular flexibility index (Phi) is 6.16. The molecule has 28 heavy (non-hydrogen) atoms. The van der Waals surface area contributed by atoms with Crippen LogP contribution in [0.1, 0.15) is 12.7 Å². The van der Waals surface area contributed by atoms with Crippen LogP contribution in [0, 0.1) is 6.92 Å². The summed E-state index contributed by atoms with van der Waals surface area (Å²) >= 11 is 0. The van der Waals surface area contributed by atoms with Gasteiger partial charge in [0.2, 0.25) is 0 Å².